The molecule has 2 rings (SSSR count). The molecule has 0 saturated heterocycles. The van der Waals surface area contributed by atoms with E-state index in [1.54, 1.807) is 18.2 Å². The van der Waals surface area contributed by atoms with Crippen LogP contribution in [0.5, 0.6) is 0 Å². The molecule has 0 aromatic heterocycles. The fourth-order valence-electron chi connectivity index (χ4n) is 2.54. The summed E-state index contributed by atoms with van der Waals surface area (Å²) >= 11 is 0. The topological polar surface area (TPSA) is 67.4 Å². The van der Waals surface area contributed by atoms with Crippen LogP contribution in [0.15, 0.2) is 54.6 Å². The van der Waals surface area contributed by atoms with Crippen molar-refractivity contribution in [1.29, 1.82) is 0 Å². The highest BCUT2D eigenvalue weighted by Gasteiger charge is 2.30. The molecule has 2 amide bonds. The third-order valence-corrected chi connectivity index (χ3v) is 3.99. The van der Waals surface area contributed by atoms with Gasteiger partial charge < -0.3 is 15.4 Å². The van der Waals surface area contributed by atoms with Crippen molar-refractivity contribution in [3.05, 3.63) is 71.3 Å². The Labute approximate surface area is 172 Å². The average Bonchev–Trinajstić information content (AvgIpc) is 2.72. The minimum Gasteiger partial charge on any atom is -0.382 e. The second kappa shape index (κ2) is 11.2. The first-order valence-electron chi connectivity index (χ1n) is 9.42. The number of alkyl halides is 3. The van der Waals surface area contributed by atoms with E-state index in [9.17, 15) is 22.8 Å². The normalized spacial score (nSPS) is 11.5. The van der Waals surface area contributed by atoms with E-state index in [4.69, 9.17) is 4.74 Å². The summed E-state index contributed by atoms with van der Waals surface area (Å²) in [5.74, 6) is -0.802. The second-order valence-corrected chi connectivity index (χ2v) is 6.33. The Morgan fingerprint density at radius 2 is 1.87 bits per heavy atom. The zero-order valence-electron chi connectivity index (χ0n) is 16.5. The number of carbonyl (C=O) groups is 2. The SMILES string of the molecule is CCOCCCNC(=O)c1cccc(NC(=O)/C=C/c2cccc(C(F)(F)F)c2)c1. The van der Waals surface area contributed by atoms with Gasteiger partial charge in [-0.15, -0.1) is 0 Å². The third kappa shape index (κ3) is 7.71. The minimum atomic E-state index is -4.45. The van der Waals surface area contributed by atoms with E-state index in [1.807, 2.05) is 6.92 Å². The summed E-state index contributed by atoms with van der Waals surface area (Å²) in [4.78, 5) is 24.3. The number of amides is 2. The van der Waals surface area contributed by atoms with E-state index in [-0.39, 0.29) is 11.5 Å². The van der Waals surface area contributed by atoms with Crippen LogP contribution < -0.4 is 10.6 Å². The molecule has 0 spiro atoms. The predicted molar refractivity (Wildman–Crippen MR) is 109 cm³/mol. The van der Waals surface area contributed by atoms with Crippen molar-refractivity contribution in [2.75, 3.05) is 25.1 Å². The predicted octanol–water partition coefficient (Wildman–Crippen LogP) is 4.51. The number of rotatable bonds is 9. The Morgan fingerprint density at radius 3 is 2.60 bits per heavy atom. The monoisotopic (exact) mass is 420 g/mol. The number of benzene rings is 2. The van der Waals surface area contributed by atoms with Gasteiger partial charge in [-0.3, -0.25) is 9.59 Å². The van der Waals surface area contributed by atoms with Gasteiger partial charge in [0.1, 0.15) is 0 Å². The van der Waals surface area contributed by atoms with E-state index >= 15 is 0 Å². The van der Waals surface area contributed by atoms with Crippen LogP contribution in [-0.4, -0.2) is 31.6 Å². The van der Waals surface area contributed by atoms with E-state index in [2.05, 4.69) is 10.6 Å². The number of hydrogen-bond donors (Lipinski definition) is 2. The molecule has 8 heteroatoms. The average molecular weight is 420 g/mol. The zero-order valence-corrected chi connectivity index (χ0v) is 16.5. The fraction of sp³-hybridized carbons (Fsp3) is 0.273. The molecule has 0 radical (unpaired) electrons. The van der Waals surface area contributed by atoms with Crippen molar-refractivity contribution < 1.29 is 27.5 Å². The molecule has 0 atom stereocenters. The molecule has 0 aliphatic rings. The van der Waals surface area contributed by atoms with Gasteiger partial charge in [-0.2, -0.15) is 13.2 Å². The highest BCUT2D eigenvalue weighted by molar-refractivity contribution is 6.03. The summed E-state index contributed by atoms with van der Waals surface area (Å²) in [6.45, 7) is 3.55. The maximum atomic E-state index is 12.7. The van der Waals surface area contributed by atoms with Crippen LogP contribution in [0.4, 0.5) is 18.9 Å². The quantitative estimate of drug-likeness (QED) is 0.463. The van der Waals surface area contributed by atoms with Gasteiger partial charge >= 0.3 is 6.18 Å². The van der Waals surface area contributed by atoms with Crippen LogP contribution in [0.3, 0.4) is 0 Å². The first-order valence-corrected chi connectivity index (χ1v) is 9.42. The third-order valence-electron chi connectivity index (χ3n) is 3.99. The smallest absolute Gasteiger partial charge is 0.382 e. The summed E-state index contributed by atoms with van der Waals surface area (Å²) in [6.07, 6.45) is -1.33. The molecule has 0 saturated carbocycles. The van der Waals surface area contributed by atoms with Gasteiger partial charge in [0.05, 0.1) is 5.56 Å². The van der Waals surface area contributed by atoms with Gasteiger partial charge in [0, 0.05) is 37.1 Å². The van der Waals surface area contributed by atoms with Crippen LogP contribution in [0.2, 0.25) is 0 Å². The second-order valence-electron chi connectivity index (χ2n) is 6.33. The van der Waals surface area contributed by atoms with Gasteiger partial charge in [-0.25, -0.2) is 0 Å². The molecule has 0 aliphatic carbocycles. The number of halogens is 3. The Bertz CT molecular complexity index is 895. The minimum absolute atomic E-state index is 0.250. The maximum absolute atomic E-state index is 12.7. The first kappa shape index (κ1) is 23.2. The van der Waals surface area contributed by atoms with Crippen LogP contribution in [0, 0.1) is 0 Å². The van der Waals surface area contributed by atoms with E-state index in [0.717, 1.165) is 18.2 Å². The fourth-order valence-corrected chi connectivity index (χ4v) is 2.54. The van der Waals surface area contributed by atoms with Crippen molar-refractivity contribution in [3.63, 3.8) is 0 Å². The zero-order chi connectivity index (χ0) is 22.0. The lowest BCUT2D eigenvalue weighted by molar-refractivity contribution is -0.137. The number of nitrogens with one attached hydrogen (secondary N) is 2. The molecular formula is C22H23F3N2O3. The molecule has 160 valence electrons. The van der Waals surface area contributed by atoms with Crippen molar-refractivity contribution >= 4 is 23.6 Å². The van der Waals surface area contributed by atoms with Gasteiger partial charge in [0.15, 0.2) is 0 Å². The summed E-state index contributed by atoms with van der Waals surface area (Å²) < 4.78 is 43.4. The summed E-state index contributed by atoms with van der Waals surface area (Å²) in [6, 6.07) is 11.0. The molecule has 30 heavy (non-hydrogen) atoms. The van der Waals surface area contributed by atoms with Crippen molar-refractivity contribution in [2.24, 2.45) is 0 Å². The van der Waals surface area contributed by atoms with Gasteiger partial charge in [0.2, 0.25) is 5.91 Å². The summed E-state index contributed by atoms with van der Waals surface area (Å²) in [7, 11) is 0. The standard InChI is InChI=1S/C22H23F3N2O3/c1-2-30-13-5-12-26-21(29)17-7-4-9-19(15-17)27-20(28)11-10-16-6-3-8-18(14-16)22(23,24)25/h3-4,6-11,14-15H,2,5,12-13H2,1H3,(H,26,29)(H,27,28)/b11-10+. The lowest BCUT2D eigenvalue weighted by Crippen LogP contribution is -2.25. The van der Waals surface area contributed by atoms with Crippen molar-refractivity contribution in [2.45, 2.75) is 19.5 Å². The summed E-state index contributed by atoms with van der Waals surface area (Å²) in [5, 5.41) is 5.35. The highest BCUT2D eigenvalue weighted by atomic mass is 19.4. The maximum Gasteiger partial charge on any atom is 0.416 e. The van der Waals surface area contributed by atoms with Gasteiger partial charge in [0.25, 0.3) is 5.91 Å². The molecule has 2 aromatic rings. The Hall–Kier alpha value is -3.13. The van der Waals surface area contributed by atoms with E-state index in [1.165, 1.54) is 24.3 Å². The Balaban J connectivity index is 1.93. The lowest BCUT2D eigenvalue weighted by Gasteiger charge is -2.08. The largest absolute Gasteiger partial charge is 0.416 e. The Kier molecular flexibility index (Phi) is 8.61. The number of hydrogen-bond acceptors (Lipinski definition) is 3. The number of ether oxygens (including phenoxy) is 1. The first-order chi connectivity index (χ1) is 14.3. The lowest BCUT2D eigenvalue weighted by atomic mass is 10.1. The van der Waals surface area contributed by atoms with Gasteiger partial charge in [-0.1, -0.05) is 18.2 Å². The van der Waals surface area contributed by atoms with Crippen LogP contribution in [0.25, 0.3) is 6.08 Å². The molecule has 2 N–H and O–H groups in total. The Morgan fingerprint density at radius 1 is 1.10 bits per heavy atom. The molecular weight excluding hydrogens is 397 g/mol. The van der Waals surface area contributed by atoms with E-state index < -0.39 is 17.6 Å². The van der Waals surface area contributed by atoms with Crippen molar-refractivity contribution in [3.8, 4) is 0 Å². The summed E-state index contributed by atoms with van der Waals surface area (Å²) in [5.41, 5.74) is 0.243. The number of anilines is 1. The highest BCUT2D eigenvalue weighted by Crippen LogP contribution is 2.29. The van der Waals surface area contributed by atoms with Crippen LogP contribution in [-0.2, 0) is 15.7 Å². The van der Waals surface area contributed by atoms with Crippen LogP contribution >= 0.6 is 0 Å². The number of carbonyl (C=O) groups excluding carboxylic acids is 2. The van der Waals surface area contributed by atoms with Crippen LogP contribution in [0.1, 0.15) is 34.8 Å². The van der Waals surface area contributed by atoms with Crippen molar-refractivity contribution in [1.82, 2.24) is 5.32 Å². The molecule has 0 fully saturated rings. The molecule has 0 aliphatic heterocycles. The molecule has 5 nitrogen and oxygen atoms in total. The molecule has 0 unspecified atom stereocenters. The molecule has 0 heterocycles. The molecule has 2 aromatic carbocycles. The van der Waals surface area contributed by atoms with Gasteiger partial charge in [-0.05, 0) is 55.3 Å². The van der Waals surface area contributed by atoms with E-state index in [0.29, 0.717) is 37.4 Å². The molecule has 0 bridgehead atoms.